The van der Waals surface area contributed by atoms with Crippen molar-refractivity contribution in [2.45, 2.75) is 19.4 Å². The molecule has 1 atom stereocenters. The van der Waals surface area contributed by atoms with Crippen LogP contribution < -0.4 is 10.1 Å². The number of nitrogens with one attached hydrogen (secondary N) is 1. The molecule has 0 bridgehead atoms. The van der Waals surface area contributed by atoms with Gasteiger partial charge >= 0.3 is 0 Å². The highest BCUT2D eigenvalue weighted by Crippen LogP contribution is 2.32. The summed E-state index contributed by atoms with van der Waals surface area (Å²) in [5.41, 5.74) is 2.24. The Bertz CT molecular complexity index is 536. The summed E-state index contributed by atoms with van der Waals surface area (Å²) in [6.07, 6.45) is 0. The van der Waals surface area contributed by atoms with E-state index in [1.54, 1.807) is 0 Å². The summed E-state index contributed by atoms with van der Waals surface area (Å²) in [6.45, 7) is 4.28. The standard InChI is InChI=1S/C14H16N2O2/c1-10-6-12(16-18-10)8-15-7-11-9-17-14-5-3-2-4-13(11)14/h2-6,11,15H,7-9H2,1H3. The fourth-order valence-corrected chi connectivity index (χ4v) is 2.27. The molecule has 0 saturated carbocycles. The molecule has 0 spiro atoms. The molecule has 0 fully saturated rings. The third-order valence-electron chi connectivity index (χ3n) is 3.17. The lowest BCUT2D eigenvalue weighted by molar-refractivity contribution is 0.325. The molecule has 1 aliphatic rings. The summed E-state index contributed by atoms with van der Waals surface area (Å²) in [4.78, 5) is 0. The lowest BCUT2D eigenvalue weighted by Gasteiger charge is -2.09. The molecule has 94 valence electrons. The third-order valence-corrected chi connectivity index (χ3v) is 3.17. The Kier molecular flexibility index (Phi) is 3.02. The second-order valence-electron chi connectivity index (χ2n) is 4.61. The molecule has 2 heterocycles. The monoisotopic (exact) mass is 244 g/mol. The van der Waals surface area contributed by atoms with E-state index in [2.05, 4.69) is 22.6 Å². The van der Waals surface area contributed by atoms with Crippen LogP contribution in [0.1, 0.15) is 22.9 Å². The number of hydrogen-bond acceptors (Lipinski definition) is 4. The topological polar surface area (TPSA) is 47.3 Å². The van der Waals surface area contributed by atoms with Crippen LogP contribution in [0, 0.1) is 6.92 Å². The van der Waals surface area contributed by atoms with E-state index in [0.717, 1.165) is 36.9 Å². The first kappa shape index (κ1) is 11.3. The van der Waals surface area contributed by atoms with Crippen molar-refractivity contribution < 1.29 is 9.26 Å². The van der Waals surface area contributed by atoms with Crippen molar-refractivity contribution in [2.75, 3.05) is 13.2 Å². The maximum Gasteiger partial charge on any atom is 0.133 e. The second-order valence-corrected chi connectivity index (χ2v) is 4.61. The minimum atomic E-state index is 0.425. The van der Waals surface area contributed by atoms with Crippen molar-refractivity contribution in [3.63, 3.8) is 0 Å². The number of benzene rings is 1. The Morgan fingerprint density at radius 2 is 2.28 bits per heavy atom. The molecule has 1 aliphatic heterocycles. The Hall–Kier alpha value is -1.81. The third kappa shape index (κ3) is 2.24. The summed E-state index contributed by atoms with van der Waals surface area (Å²) in [7, 11) is 0. The predicted octanol–water partition coefficient (Wildman–Crippen LogP) is 2.25. The maximum atomic E-state index is 5.64. The molecule has 1 N–H and O–H groups in total. The molecule has 18 heavy (non-hydrogen) atoms. The van der Waals surface area contributed by atoms with Crippen LogP contribution >= 0.6 is 0 Å². The highest BCUT2D eigenvalue weighted by Gasteiger charge is 2.22. The molecule has 2 aromatic rings. The lowest BCUT2D eigenvalue weighted by Crippen LogP contribution is -2.22. The van der Waals surface area contributed by atoms with Gasteiger partial charge in [0.2, 0.25) is 0 Å². The van der Waals surface area contributed by atoms with E-state index in [9.17, 15) is 0 Å². The number of aryl methyl sites for hydroxylation is 1. The number of para-hydroxylation sites is 1. The molecule has 0 saturated heterocycles. The minimum Gasteiger partial charge on any atom is -0.493 e. The van der Waals surface area contributed by atoms with Gasteiger partial charge in [-0.05, 0) is 13.0 Å². The summed E-state index contributed by atoms with van der Waals surface area (Å²) in [6, 6.07) is 10.2. The number of hydrogen-bond donors (Lipinski definition) is 1. The van der Waals surface area contributed by atoms with Gasteiger partial charge in [-0.15, -0.1) is 0 Å². The van der Waals surface area contributed by atoms with Gasteiger partial charge in [-0.25, -0.2) is 0 Å². The lowest BCUT2D eigenvalue weighted by atomic mass is 10.0. The van der Waals surface area contributed by atoms with Gasteiger partial charge in [-0.3, -0.25) is 0 Å². The molecular formula is C14H16N2O2. The fraction of sp³-hybridized carbons (Fsp3) is 0.357. The Morgan fingerprint density at radius 1 is 1.39 bits per heavy atom. The van der Waals surface area contributed by atoms with E-state index in [4.69, 9.17) is 9.26 Å². The predicted molar refractivity (Wildman–Crippen MR) is 67.6 cm³/mol. The van der Waals surface area contributed by atoms with Crippen LogP contribution in [-0.2, 0) is 6.54 Å². The summed E-state index contributed by atoms with van der Waals surface area (Å²) >= 11 is 0. The van der Waals surface area contributed by atoms with Gasteiger partial charge in [-0.2, -0.15) is 0 Å². The number of nitrogens with zero attached hydrogens (tertiary/aromatic N) is 1. The fourth-order valence-electron chi connectivity index (χ4n) is 2.27. The van der Waals surface area contributed by atoms with E-state index in [1.807, 2.05) is 25.1 Å². The van der Waals surface area contributed by atoms with Gasteiger partial charge < -0.3 is 14.6 Å². The molecule has 1 aromatic heterocycles. The average molecular weight is 244 g/mol. The largest absolute Gasteiger partial charge is 0.493 e. The van der Waals surface area contributed by atoms with Crippen LogP contribution in [0.3, 0.4) is 0 Å². The molecular weight excluding hydrogens is 228 g/mol. The van der Waals surface area contributed by atoms with E-state index >= 15 is 0 Å². The van der Waals surface area contributed by atoms with Crippen LogP contribution in [0.4, 0.5) is 0 Å². The molecule has 0 aliphatic carbocycles. The summed E-state index contributed by atoms with van der Waals surface area (Å²) in [5, 5.41) is 7.35. The van der Waals surface area contributed by atoms with E-state index < -0.39 is 0 Å². The number of aromatic nitrogens is 1. The van der Waals surface area contributed by atoms with E-state index in [-0.39, 0.29) is 0 Å². The van der Waals surface area contributed by atoms with E-state index in [1.165, 1.54) is 5.56 Å². The van der Waals surface area contributed by atoms with E-state index in [0.29, 0.717) is 5.92 Å². The van der Waals surface area contributed by atoms with Crippen molar-refractivity contribution in [1.82, 2.24) is 10.5 Å². The quantitative estimate of drug-likeness (QED) is 0.896. The average Bonchev–Trinajstić information content (AvgIpc) is 2.97. The van der Waals surface area contributed by atoms with Crippen molar-refractivity contribution in [3.8, 4) is 5.75 Å². The first-order valence-corrected chi connectivity index (χ1v) is 6.17. The highest BCUT2D eigenvalue weighted by molar-refractivity contribution is 5.39. The van der Waals surface area contributed by atoms with Crippen LogP contribution in [-0.4, -0.2) is 18.3 Å². The zero-order valence-electron chi connectivity index (χ0n) is 10.3. The highest BCUT2D eigenvalue weighted by atomic mass is 16.5. The molecule has 3 rings (SSSR count). The molecule has 0 radical (unpaired) electrons. The zero-order valence-corrected chi connectivity index (χ0v) is 10.3. The van der Waals surface area contributed by atoms with Crippen molar-refractivity contribution in [3.05, 3.63) is 47.3 Å². The van der Waals surface area contributed by atoms with Crippen molar-refractivity contribution >= 4 is 0 Å². The smallest absolute Gasteiger partial charge is 0.133 e. The van der Waals surface area contributed by atoms with Crippen LogP contribution in [0.15, 0.2) is 34.9 Å². The Labute approximate surface area is 106 Å². The molecule has 4 nitrogen and oxygen atoms in total. The van der Waals surface area contributed by atoms with Crippen molar-refractivity contribution in [2.24, 2.45) is 0 Å². The van der Waals surface area contributed by atoms with Crippen LogP contribution in [0.5, 0.6) is 5.75 Å². The summed E-state index contributed by atoms with van der Waals surface area (Å²) in [5.74, 6) is 2.29. The minimum absolute atomic E-state index is 0.425. The van der Waals surface area contributed by atoms with Gasteiger partial charge in [0, 0.05) is 30.6 Å². The Balaban J connectivity index is 1.56. The van der Waals surface area contributed by atoms with Gasteiger partial charge in [0.05, 0.1) is 12.3 Å². The number of fused-ring (bicyclic) bond motifs is 1. The maximum absolute atomic E-state index is 5.64. The molecule has 4 heteroatoms. The SMILES string of the molecule is Cc1cc(CNCC2COc3ccccc32)no1. The zero-order chi connectivity index (χ0) is 12.4. The molecule has 0 amide bonds. The van der Waals surface area contributed by atoms with Gasteiger partial charge in [0.1, 0.15) is 11.5 Å². The van der Waals surface area contributed by atoms with Crippen LogP contribution in [0.25, 0.3) is 0 Å². The normalized spacial score (nSPS) is 17.5. The van der Waals surface area contributed by atoms with Gasteiger partial charge in [-0.1, -0.05) is 23.4 Å². The first-order chi connectivity index (χ1) is 8.83. The Morgan fingerprint density at radius 3 is 3.11 bits per heavy atom. The molecule has 1 unspecified atom stereocenters. The number of rotatable bonds is 4. The van der Waals surface area contributed by atoms with Crippen LogP contribution in [0.2, 0.25) is 0 Å². The summed E-state index contributed by atoms with van der Waals surface area (Å²) < 4.78 is 10.7. The molecule has 1 aromatic carbocycles. The number of ether oxygens (including phenoxy) is 1. The van der Waals surface area contributed by atoms with Gasteiger partial charge in [0.15, 0.2) is 0 Å². The second kappa shape index (κ2) is 4.82. The first-order valence-electron chi connectivity index (χ1n) is 6.17. The van der Waals surface area contributed by atoms with Crippen molar-refractivity contribution in [1.29, 1.82) is 0 Å². The van der Waals surface area contributed by atoms with Gasteiger partial charge in [0.25, 0.3) is 0 Å².